The Kier molecular flexibility index (Phi) is 5.50. The second kappa shape index (κ2) is 7.56. The van der Waals surface area contributed by atoms with Crippen molar-refractivity contribution in [2.24, 2.45) is 0 Å². The first-order valence-electron chi connectivity index (χ1n) is 9.41. The van der Waals surface area contributed by atoms with Crippen LogP contribution in [-0.2, 0) is 26.4 Å². The predicted octanol–water partition coefficient (Wildman–Crippen LogP) is 4.94. The molecule has 0 aromatic heterocycles. The molecular weight excluding hydrogens is 368 g/mol. The number of methoxy groups -OCH3 is 1. The summed E-state index contributed by atoms with van der Waals surface area (Å²) < 4.78 is 17.8. The van der Waals surface area contributed by atoms with E-state index in [1.807, 2.05) is 12.1 Å². The average Bonchev–Trinajstić information content (AvgIpc) is 2.69. The minimum atomic E-state index is -1.42. The van der Waals surface area contributed by atoms with Crippen molar-refractivity contribution in [3.63, 3.8) is 0 Å². The second-order valence-corrected chi connectivity index (χ2v) is 9.69. The monoisotopic (exact) mass is 394 g/mol. The Balaban J connectivity index is 1.95. The summed E-state index contributed by atoms with van der Waals surface area (Å²) in [6.07, 6.45) is 2.17. The molecular formula is C24H26O3S. The number of carbonyl (C=O) groups excluding carboxylic acids is 1. The normalized spacial score (nSPS) is 17.6. The van der Waals surface area contributed by atoms with E-state index in [9.17, 15) is 9.00 Å². The van der Waals surface area contributed by atoms with Gasteiger partial charge in [0.05, 0.1) is 17.6 Å². The van der Waals surface area contributed by atoms with Gasteiger partial charge < -0.3 is 4.74 Å². The standard InChI is InChI=1S/C24H26O3S/c1-23(2)14-15-24(3,4)21-19(23)7-6-8-20(21)28(26)16-13-17-9-11-18(12-10-17)22(25)27-5/h6-12H,14-15H2,1-5H3. The Morgan fingerprint density at radius 2 is 1.64 bits per heavy atom. The molecule has 2 aromatic carbocycles. The van der Waals surface area contributed by atoms with Crippen molar-refractivity contribution in [3.05, 3.63) is 64.7 Å². The van der Waals surface area contributed by atoms with Crippen LogP contribution >= 0.6 is 0 Å². The van der Waals surface area contributed by atoms with Gasteiger partial charge in [0.2, 0.25) is 0 Å². The van der Waals surface area contributed by atoms with Crippen molar-refractivity contribution in [3.8, 4) is 11.2 Å². The lowest BCUT2D eigenvalue weighted by molar-refractivity contribution is 0.0600. The lowest BCUT2D eigenvalue weighted by atomic mass is 9.63. The highest BCUT2D eigenvalue weighted by Gasteiger charge is 2.39. The van der Waals surface area contributed by atoms with Gasteiger partial charge in [-0.1, -0.05) is 45.7 Å². The van der Waals surface area contributed by atoms with Crippen LogP contribution in [0.3, 0.4) is 0 Å². The third-order valence-electron chi connectivity index (χ3n) is 5.60. The summed E-state index contributed by atoms with van der Waals surface area (Å²) in [7, 11) is -0.0719. The number of carbonyl (C=O) groups is 1. The van der Waals surface area contributed by atoms with Crippen LogP contribution in [0.25, 0.3) is 0 Å². The molecule has 0 spiro atoms. The zero-order valence-electron chi connectivity index (χ0n) is 17.1. The van der Waals surface area contributed by atoms with Gasteiger partial charge in [-0.3, -0.25) is 0 Å². The first-order valence-corrected chi connectivity index (χ1v) is 10.6. The van der Waals surface area contributed by atoms with Crippen LogP contribution in [0.5, 0.6) is 0 Å². The van der Waals surface area contributed by atoms with E-state index in [2.05, 4.69) is 44.9 Å². The van der Waals surface area contributed by atoms with Crippen LogP contribution in [-0.4, -0.2) is 17.3 Å². The summed E-state index contributed by atoms with van der Waals surface area (Å²) in [5, 5.41) is 2.90. The highest BCUT2D eigenvalue weighted by molar-refractivity contribution is 7.90. The third-order valence-corrected chi connectivity index (χ3v) is 6.63. The maximum Gasteiger partial charge on any atom is 0.337 e. The van der Waals surface area contributed by atoms with Crippen LogP contribution in [0.4, 0.5) is 0 Å². The largest absolute Gasteiger partial charge is 0.465 e. The Bertz CT molecular complexity index is 989. The number of esters is 1. The van der Waals surface area contributed by atoms with Crippen LogP contribution in [0, 0.1) is 11.2 Å². The molecule has 4 heteroatoms. The smallest absolute Gasteiger partial charge is 0.337 e. The van der Waals surface area contributed by atoms with E-state index in [0.717, 1.165) is 17.7 Å². The molecule has 28 heavy (non-hydrogen) atoms. The lowest BCUT2D eigenvalue weighted by Crippen LogP contribution is -2.34. The Labute approximate surface area is 170 Å². The third kappa shape index (κ3) is 3.91. The molecule has 2 aromatic rings. The fourth-order valence-corrected chi connectivity index (χ4v) is 4.89. The molecule has 1 aliphatic rings. The van der Waals surface area contributed by atoms with E-state index in [1.54, 1.807) is 24.3 Å². The van der Waals surface area contributed by atoms with Crippen LogP contribution in [0.15, 0.2) is 47.4 Å². The van der Waals surface area contributed by atoms with Crippen LogP contribution in [0.2, 0.25) is 0 Å². The van der Waals surface area contributed by atoms with E-state index in [0.29, 0.717) is 11.1 Å². The molecule has 3 nitrogen and oxygen atoms in total. The van der Waals surface area contributed by atoms with Gasteiger partial charge in [0.15, 0.2) is 0 Å². The molecule has 0 bridgehead atoms. The van der Waals surface area contributed by atoms with Crippen molar-refractivity contribution in [1.82, 2.24) is 0 Å². The highest BCUT2D eigenvalue weighted by Crippen LogP contribution is 2.47. The Morgan fingerprint density at radius 1 is 1.00 bits per heavy atom. The van der Waals surface area contributed by atoms with Crippen molar-refractivity contribution >= 4 is 16.8 Å². The molecule has 3 rings (SSSR count). The first kappa shape index (κ1) is 20.4. The molecule has 0 radical (unpaired) electrons. The van der Waals surface area contributed by atoms with Gasteiger partial charge in [-0.15, -0.1) is 0 Å². The minimum Gasteiger partial charge on any atom is -0.465 e. The number of hydrogen-bond acceptors (Lipinski definition) is 3. The van der Waals surface area contributed by atoms with Crippen LogP contribution in [0.1, 0.15) is 67.6 Å². The molecule has 0 heterocycles. The Morgan fingerprint density at radius 3 is 2.29 bits per heavy atom. The molecule has 0 saturated carbocycles. The maximum atomic E-state index is 13.1. The van der Waals surface area contributed by atoms with E-state index in [4.69, 9.17) is 4.74 Å². The van der Waals surface area contributed by atoms with Gasteiger partial charge in [-0.25, -0.2) is 9.00 Å². The van der Waals surface area contributed by atoms with Gasteiger partial charge in [0, 0.05) is 10.8 Å². The van der Waals surface area contributed by atoms with E-state index in [1.165, 1.54) is 18.2 Å². The minimum absolute atomic E-state index is 0.0268. The number of hydrogen-bond donors (Lipinski definition) is 0. The number of fused-ring (bicyclic) bond motifs is 1. The molecule has 1 unspecified atom stereocenters. The van der Waals surface area contributed by atoms with E-state index >= 15 is 0 Å². The fourth-order valence-electron chi connectivity index (χ4n) is 3.80. The molecule has 1 atom stereocenters. The van der Waals surface area contributed by atoms with Crippen LogP contribution < -0.4 is 0 Å². The average molecular weight is 395 g/mol. The molecule has 0 N–H and O–H groups in total. The van der Waals surface area contributed by atoms with Gasteiger partial charge in [0.1, 0.15) is 10.8 Å². The number of rotatable bonds is 2. The summed E-state index contributed by atoms with van der Waals surface area (Å²) in [5.41, 5.74) is 3.68. The lowest BCUT2D eigenvalue weighted by Gasteiger charge is -2.42. The summed E-state index contributed by atoms with van der Waals surface area (Å²) in [6, 6.07) is 12.9. The van der Waals surface area contributed by atoms with Crippen molar-refractivity contribution in [2.75, 3.05) is 7.11 Å². The molecule has 1 aliphatic carbocycles. The topological polar surface area (TPSA) is 43.4 Å². The van der Waals surface area contributed by atoms with Gasteiger partial charge in [-0.05, 0) is 65.1 Å². The number of ether oxygens (including phenoxy) is 1. The summed E-state index contributed by atoms with van der Waals surface area (Å²) >= 11 is 0. The second-order valence-electron chi connectivity index (χ2n) is 8.51. The van der Waals surface area contributed by atoms with Gasteiger partial charge in [0.25, 0.3) is 0 Å². The quantitative estimate of drug-likeness (QED) is 0.535. The maximum absolute atomic E-state index is 13.1. The first-order chi connectivity index (χ1) is 13.2. The van der Waals surface area contributed by atoms with Crippen molar-refractivity contribution in [2.45, 2.75) is 56.3 Å². The van der Waals surface area contributed by atoms with Crippen molar-refractivity contribution < 1.29 is 13.7 Å². The van der Waals surface area contributed by atoms with Gasteiger partial charge in [-0.2, -0.15) is 0 Å². The summed E-state index contributed by atoms with van der Waals surface area (Å²) in [5.74, 6) is 2.59. The van der Waals surface area contributed by atoms with E-state index < -0.39 is 10.8 Å². The molecule has 0 amide bonds. The Hall–Kier alpha value is -2.38. The van der Waals surface area contributed by atoms with E-state index in [-0.39, 0.29) is 16.8 Å². The zero-order valence-corrected chi connectivity index (χ0v) is 17.9. The molecule has 0 fully saturated rings. The SMILES string of the molecule is COC(=O)c1ccc(C#CS(=O)c2cccc3c2C(C)(C)CCC3(C)C)cc1. The zero-order chi connectivity index (χ0) is 20.5. The molecule has 0 aliphatic heterocycles. The fraction of sp³-hybridized carbons (Fsp3) is 0.375. The van der Waals surface area contributed by atoms with Gasteiger partial charge >= 0.3 is 5.97 Å². The van der Waals surface area contributed by atoms with Crippen molar-refractivity contribution in [1.29, 1.82) is 0 Å². The summed E-state index contributed by atoms with van der Waals surface area (Å²) in [6.45, 7) is 8.95. The predicted molar refractivity (Wildman–Crippen MR) is 113 cm³/mol. The number of benzene rings is 2. The summed E-state index contributed by atoms with van der Waals surface area (Å²) in [4.78, 5) is 12.3. The molecule has 0 saturated heterocycles. The molecule has 146 valence electrons. The highest BCUT2D eigenvalue weighted by atomic mass is 32.2.